The number of amides is 1. The van der Waals surface area contributed by atoms with E-state index in [1.165, 1.54) is 17.3 Å². The van der Waals surface area contributed by atoms with Crippen LogP contribution in [0.15, 0.2) is 58.5 Å². The van der Waals surface area contributed by atoms with Crippen LogP contribution in [0.1, 0.15) is 30.9 Å². The van der Waals surface area contributed by atoms with Crippen molar-refractivity contribution in [3.63, 3.8) is 0 Å². The molecule has 0 radical (unpaired) electrons. The zero-order valence-electron chi connectivity index (χ0n) is 18.6. The standard InChI is InChI=1S/C24H27N5O2S/c1-4-5-14-28-22(31)19-12-8-9-13-20(19)29-23(28)25-26-24(29)32-16-21(30)27(3)15-18-11-7-6-10-17(18)2/h6-13H,4-5,14-16H2,1-3H3. The average molecular weight is 450 g/mol. The van der Waals surface area contributed by atoms with Crippen LogP contribution >= 0.6 is 11.8 Å². The minimum atomic E-state index is -0.0560. The van der Waals surface area contributed by atoms with Gasteiger partial charge in [-0.15, -0.1) is 10.2 Å². The van der Waals surface area contributed by atoms with E-state index >= 15 is 0 Å². The smallest absolute Gasteiger partial charge is 0.262 e. The van der Waals surface area contributed by atoms with Crippen molar-refractivity contribution in [2.75, 3.05) is 12.8 Å². The van der Waals surface area contributed by atoms with E-state index in [0.717, 1.165) is 23.9 Å². The summed E-state index contributed by atoms with van der Waals surface area (Å²) >= 11 is 1.34. The highest BCUT2D eigenvalue weighted by Crippen LogP contribution is 2.22. The van der Waals surface area contributed by atoms with Gasteiger partial charge in [-0.05, 0) is 36.6 Å². The van der Waals surface area contributed by atoms with Crippen LogP contribution in [-0.4, -0.2) is 42.8 Å². The number of para-hydroxylation sites is 1. The highest BCUT2D eigenvalue weighted by atomic mass is 32.2. The predicted molar refractivity (Wildman–Crippen MR) is 128 cm³/mol. The molecule has 0 aliphatic rings. The fourth-order valence-corrected chi connectivity index (χ4v) is 4.59. The van der Waals surface area contributed by atoms with Crippen molar-refractivity contribution in [3.05, 3.63) is 70.0 Å². The molecule has 2 heterocycles. The number of aryl methyl sites for hydroxylation is 2. The fourth-order valence-electron chi connectivity index (χ4n) is 3.71. The number of nitrogens with zero attached hydrogens (tertiary/aromatic N) is 5. The number of unbranched alkanes of at least 4 members (excludes halogenated alkanes) is 1. The lowest BCUT2D eigenvalue weighted by Crippen LogP contribution is -2.28. The van der Waals surface area contributed by atoms with Gasteiger partial charge in [0.05, 0.1) is 16.7 Å². The summed E-state index contributed by atoms with van der Waals surface area (Å²) < 4.78 is 3.58. The Morgan fingerprint density at radius 2 is 1.84 bits per heavy atom. The fraction of sp³-hybridized carbons (Fsp3) is 0.333. The van der Waals surface area contributed by atoms with E-state index < -0.39 is 0 Å². The van der Waals surface area contributed by atoms with Crippen LogP contribution in [0.4, 0.5) is 0 Å². The molecular formula is C24H27N5O2S. The van der Waals surface area contributed by atoms with Crippen molar-refractivity contribution in [1.82, 2.24) is 24.1 Å². The minimum Gasteiger partial charge on any atom is -0.341 e. The first-order chi connectivity index (χ1) is 15.5. The van der Waals surface area contributed by atoms with Gasteiger partial charge >= 0.3 is 0 Å². The van der Waals surface area contributed by atoms with Crippen LogP contribution in [0.3, 0.4) is 0 Å². The van der Waals surface area contributed by atoms with Gasteiger partial charge < -0.3 is 4.90 Å². The van der Waals surface area contributed by atoms with Gasteiger partial charge in [-0.2, -0.15) is 0 Å². The van der Waals surface area contributed by atoms with Gasteiger partial charge in [-0.25, -0.2) is 0 Å². The van der Waals surface area contributed by atoms with Gasteiger partial charge in [-0.1, -0.05) is 61.5 Å². The number of aromatic nitrogens is 4. The lowest BCUT2D eigenvalue weighted by atomic mass is 10.1. The average Bonchev–Trinajstić information content (AvgIpc) is 3.23. The summed E-state index contributed by atoms with van der Waals surface area (Å²) in [5.74, 6) is 0.773. The summed E-state index contributed by atoms with van der Waals surface area (Å²) in [6.07, 6.45) is 1.86. The molecule has 2 aromatic heterocycles. The molecule has 0 saturated heterocycles. The van der Waals surface area contributed by atoms with Crippen LogP contribution in [0, 0.1) is 6.92 Å². The highest BCUT2D eigenvalue weighted by Gasteiger charge is 2.18. The molecular weight excluding hydrogens is 422 g/mol. The number of thioether (sulfide) groups is 1. The third-order valence-electron chi connectivity index (χ3n) is 5.63. The molecule has 0 aliphatic carbocycles. The van der Waals surface area contributed by atoms with Gasteiger partial charge in [0.2, 0.25) is 11.7 Å². The van der Waals surface area contributed by atoms with Gasteiger partial charge in [0, 0.05) is 20.1 Å². The largest absolute Gasteiger partial charge is 0.341 e. The number of hydrogen-bond acceptors (Lipinski definition) is 5. The van der Waals surface area contributed by atoms with Crippen LogP contribution in [0.25, 0.3) is 16.7 Å². The van der Waals surface area contributed by atoms with Gasteiger partial charge in [-0.3, -0.25) is 18.6 Å². The summed E-state index contributed by atoms with van der Waals surface area (Å²) in [6, 6.07) is 15.6. The number of hydrogen-bond donors (Lipinski definition) is 0. The second-order valence-electron chi connectivity index (χ2n) is 7.91. The van der Waals surface area contributed by atoms with E-state index in [-0.39, 0.29) is 17.2 Å². The molecule has 0 fully saturated rings. The lowest BCUT2D eigenvalue weighted by molar-refractivity contribution is -0.127. The summed E-state index contributed by atoms with van der Waals surface area (Å²) in [5.41, 5.74) is 3.00. The summed E-state index contributed by atoms with van der Waals surface area (Å²) in [7, 11) is 1.81. The minimum absolute atomic E-state index is 0.0126. The number of benzene rings is 2. The number of carbonyl (C=O) groups excluding carboxylic acids is 1. The summed E-state index contributed by atoms with van der Waals surface area (Å²) in [6.45, 7) is 5.29. The number of rotatable bonds is 8. The van der Waals surface area contributed by atoms with Gasteiger partial charge in [0.15, 0.2) is 5.16 Å². The molecule has 166 valence electrons. The Morgan fingerprint density at radius 3 is 2.62 bits per heavy atom. The summed E-state index contributed by atoms with van der Waals surface area (Å²) in [4.78, 5) is 27.6. The summed E-state index contributed by atoms with van der Waals surface area (Å²) in [5, 5.41) is 9.88. The second kappa shape index (κ2) is 9.56. The number of fused-ring (bicyclic) bond motifs is 3. The first-order valence-electron chi connectivity index (χ1n) is 10.8. The van der Waals surface area contributed by atoms with Crippen molar-refractivity contribution < 1.29 is 4.79 Å². The molecule has 0 saturated carbocycles. The predicted octanol–water partition coefficient (Wildman–Crippen LogP) is 3.90. The highest BCUT2D eigenvalue weighted by molar-refractivity contribution is 7.99. The Bertz CT molecular complexity index is 1330. The maximum atomic E-state index is 13.0. The normalized spacial score (nSPS) is 11.3. The molecule has 7 nitrogen and oxygen atoms in total. The third kappa shape index (κ3) is 4.27. The van der Waals surface area contributed by atoms with Gasteiger partial charge in [0.25, 0.3) is 5.56 Å². The van der Waals surface area contributed by atoms with Crippen LogP contribution < -0.4 is 5.56 Å². The molecule has 0 N–H and O–H groups in total. The van der Waals surface area contributed by atoms with Crippen molar-refractivity contribution in [2.45, 2.75) is 44.9 Å². The van der Waals surface area contributed by atoms with E-state index in [2.05, 4.69) is 17.1 Å². The zero-order valence-corrected chi connectivity index (χ0v) is 19.4. The van der Waals surface area contributed by atoms with Crippen molar-refractivity contribution in [1.29, 1.82) is 0 Å². The first kappa shape index (κ1) is 22.1. The molecule has 0 aliphatic heterocycles. The molecule has 32 heavy (non-hydrogen) atoms. The Labute approximate surface area is 191 Å². The van der Waals surface area contributed by atoms with E-state index in [1.54, 1.807) is 9.47 Å². The quantitative estimate of drug-likeness (QED) is 0.382. The molecule has 0 atom stereocenters. The van der Waals surface area contributed by atoms with Crippen molar-refractivity contribution in [3.8, 4) is 0 Å². The van der Waals surface area contributed by atoms with Crippen LogP contribution in [0.5, 0.6) is 0 Å². The van der Waals surface area contributed by atoms with E-state index in [0.29, 0.717) is 29.4 Å². The topological polar surface area (TPSA) is 72.5 Å². The Balaban J connectivity index is 1.61. The molecule has 4 rings (SSSR count). The second-order valence-corrected chi connectivity index (χ2v) is 8.85. The van der Waals surface area contributed by atoms with E-state index in [1.807, 2.05) is 66.9 Å². The van der Waals surface area contributed by atoms with E-state index in [9.17, 15) is 9.59 Å². The molecule has 0 spiro atoms. The molecule has 0 unspecified atom stereocenters. The van der Waals surface area contributed by atoms with Crippen LogP contribution in [0.2, 0.25) is 0 Å². The molecule has 0 bridgehead atoms. The Kier molecular flexibility index (Phi) is 6.60. The lowest BCUT2D eigenvalue weighted by Gasteiger charge is -2.18. The molecule has 1 amide bonds. The Morgan fingerprint density at radius 1 is 1.09 bits per heavy atom. The van der Waals surface area contributed by atoms with Gasteiger partial charge in [0.1, 0.15) is 0 Å². The monoisotopic (exact) mass is 449 g/mol. The molecule has 4 aromatic rings. The Hall–Kier alpha value is -3.13. The van der Waals surface area contributed by atoms with E-state index in [4.69, 9.17) is 0 Å². The third-order valence-corrected chi connectivity index (χ3v) is 6.55. The van der Waals surface area contributed by atoms with Crippen LogP contribution in [-0.2, 0) is 17.9 Å². The maximum Gasteiger partial charge on any atom is 0.262 e. The van der Waals surface area contributed by atoms with Crippen molar-refractivity contribution in [2.24, 2.45) is 0 Å². The SMILES string of the molecule is CCCCn1c(=O)c2ccccc2n2c(SCC(=O)N(C)Cc3ccccc3C)nnc12. The number of carbonyl (C=O) groups is 1. The maximum absolute atomic E-state index is 13.0. The zero-order chi connectivity index (χ0) is 22.7. The molecule has 2 aromatic carbocycles. The first-order valence-corrected chi connectivity index (χ1v) is 11.8. The molecule has 8 heteroatoms. The van der Waals surface area contributed by atoms with Crippen molar-refractivity contribution >= 4 is 34.3 Å².